The van der Waals surface area contributed by atoms with Crippen molar-refractivity contribution in [3.8, 4) is 0 Å². The van der Waals surface area contributed by atoms with E-state index in [2.05, 4.69) is 15.2 Å². The molecule has 0 saturated heterocycles. The van der Waals surface area contributed by atoms with Gasteiger partial charge in [-0.05, 0) is 31.5 Å². The zero-order chi connectivity index (χ0) is 14.7. The summed E-state index contributed by atoms with van der Waals surface area (Å²) >= 11 is 0. The van der Waals surface area contributed by atoms with Gasteiger partial charge < -0.3 is 10.6 Å². The zero-order valence-corrected chi connectivity index (χ0v) is 11.9. The van der Waals surface area contributed by atoms with Crippen molar-refractivity contribution >= 4 is 11.7 Å². The van der Waals surface area contributed by atoms with E-state index >= 15 is 0 Å². The number of nitrogens with zero attached hydrogens (tertiary/aromatic N) is 4. The minimum Gasteiger partial charge on any atom is -0.384 e. The van der Waals surface area contributed by atoms with Crippen LogP contribution in [-0.4, -0.2) is 28.1 Å². The predicted molar refractivity (Wildman–Crippen MR) is 78.9 cm³/mol. The molecule has 0 spiro atoms. The molecule has 6 nitrogen and oxygen atoms in total. The molecule has 0 aliphatic carbocycles. The molecule has 0 amide bonds. The van der Waals surface area contributed by atoms with E-state index in [-0.39, 0.29) is 5.84 Å². The lowest BCUT2D eigenvalue weighted by Crippen LogP contribution is -2.25. The SMILES string of the molecule is Cc1nnc(N(C)Cc2ccccn2)c(C(=N)N)c1C. The van der Waals surface area contributed by atoms with Gasteiger partial charge in [0.15, 0.2) is 5.82 Å². The van der Waals surface area contributed by atoms with Gasteiger partial charge in [0.25, 0.3) is 0 Å². The Morgan fingerprint density at radius 2 is 2.05 bits per heavy atom. The Kier molecular flexibility index (Phi) is 3.93. The molecule has 104 valence electrons. The van der Waals surface area contributed by atoms with Crippen LogP contribution in [0.1, 0.15) is 22.5 Å². The van der Waals surface area contributed by atoms with Gasteiger partial charge in [0.05, 0.1) is 23.5 Å². The van der Waals surface area contributed by atoms with Gasteiger partial charge in [0.1, 0.15) is 5.84 Å². The summed E-state index contributed by atoms with van der Waals surface area (Å²) in [6.45, 7) is 4.34. The Labute approximate surface area is 118 Å². The summed E-state index contributed by atoms with van der Waals surface area (Å²) in [5, 5.41) is 16.1. The topological polar surface area (TPSA) is 91.8 Å². The zero-order valence-electron chi connectivity index (χ0n) is 11.9. The highest BCUT2D eigenvalue weighted by Crippen LogP contribution is 2.21. The van der Waals surface area contributed by atoms with Gasteiger partial charge in [-0.15, -0.1) is 5.10 Å². The first kappa shape index (κ1) is 13.9. The fourth-order valence-corrected chi connectivity index (χ4v) is 2.00. The second-order valence-electron chi connectivity index (χ2n) is 4.70. The second-order valence-corrected chi connectivity index (χ2v) is 4.70. The molecule has 0 aliphatic rings. The van der Waals surface area contributed by atoms with Gasteiger partial charge in [-0.3, -0.25) is 10.4 Å². The van der Waals surface area contributed by atoms with Gasteiger partial charge in [0.2, 0.25) is 0 Å². The number of hydrogen-bond donors (Lipinski definition) is 2. The maximum Gasteiger partial charge on any atom is 0.162 e. The fraction of sp³-hybridized carbons (Fsp3) is 0.286. The molecule has 0 unspecified atom stereocenters. The molecule has 3 N–H and O–H groups in total. The van der Waals surface area contributed by atoms with Crippen molar-refractivity contribution in [2.45, 2.75) is 20.4 Å². The number of rotatable bonds is 4. The Bertz CT molecular complexity index is 623. The number of nitrogens with one attached hydrogen (secondary N) is 1. The lowest BCUT2D eigenvalue weighted by atomic mass is 10.1. The molecule has 6 heteroatoms. The van der Waals surface area contributed by atoms with E-state index in [0.29, 0.717) is 17.9 Å². The number of nitrogens with two attached hydrogens (primary N) is 1. The summed E-state index contributed by atoms with van der Waals surface area (Å²) in [5.74, 6) is 0.606. The molecule has 2 aromatic heterocycles. The largest absolute Gasteiger partial charge is 0.384 e. The number of pyridine rings is 1. The van der Waals surface area contributed by atoms with Crippen LogP contribution in [0.15, 0.2) is 24.4 Å². The molecule has 20 heavy (non-hydrogen) atoms. The van der Waals surface area contributed by atoms with Crippen molar-refractivity contribution in [1.82, 2.24) is 15.2 Å². The highest BCUT2D eigenvalue weighted by Gasteiger charge is 2.17. The van der Waals surface area contributed by atoms with Crippen molar-refractivity contribution < 1.29 is 0 Å². The van der Waals surface area contributed by atoms with E-state index < -0.39 is 0 Å². The van der Waals surface area contributed by atoms with Crippen LogP contribution in [-0.2, 0) is 6.54 Å². The summed E-state index contributed by atoms with van der Waals surface area (Å²) in [6.07, 6.45) is 1.75. The highest BCUT2D eigenvalue weighted by molar-refractivity contribution is 6.01. The van der Waals surface area contributed by atoms with Gasteiger partial charge in [0, 0.05) is 13.2 Å². The molecular formula is C14H18N6. The summed E-state index contributed by atoms with van der Waals surface area (Å²) in [4.78, 5) is 6.19. The van der Waals surface area contributed by atoms with E-state index in [1.54, 1.807) is 6.20 Å². The van der Waals surface area contributed by atoms with E-state index in [4.69, 9.17) is 11.1 Å². The number of aromatic nitrogens is 3. The van der Waals surface area contributed by atoms with Crippen LogP contribution in [0.5, 0.6) is 0 Å². The van der Waals surface area contributed by atoms with E-state index in [0.717, 1.165) is 17.0 Å². The second kappa shape index (κ2) is 5.64. The molecule has 2 rings (SSSR count). The number of nitrogen functional groups attached to an aromatic ring is 1. The van der Waals surface area contributed by atoms with E-state index in [1.807, 2.05) is 44.0 Å². The van der Waals surface area contributed by atoms with Crippen molar-refractivity contribution in [3.63, 3.8) is 0 Å². The summed E-state index contributed by atoms with van der Waals surface area (Å²) in [7, 11) is 1.89. The molecule has 0 fully saturated rings. The Hall–Kier alpha value is -2.50. The van der Waals surface area contributed by atoms with Gasteiger partial charge in [-0.2, -0.15) is 5.10 Å². The predicted octanol–water partition coefficient (Wildman–Crippen LogP) is 1.41. The maximum atomic E-state index is 7.75. The first-order chi connectivity index (χ1) is 9.50. The number of amidine groups is 1. The number of aryl methyl sites for hydroxylation is 1. The van der Waals surface area contributed by atoms with Crippen LogP contribution < -0.4 is 10.6 Å². The average molecular weight is 270 g/mol. The first-order valence-electron chi connectivity index (χ1n) is 6.30. The molecule has 2 aromatic rings. The molecule has 0 aromatic carbocycles. The molecule has 2 heterocycles. The van der Waals surface area contributed by atoms with Crippen LogP contribution in [0.4, 0.5) is 5.82 Å². The smallest absolute Gasteiger partial charge is 0.162 e. The van der Waals surface area contributed by atoms with Crippen molar-refractivity contribution in [2.75, 3.05) is 11.9 Å². The molecular weight excluding hydrogens is 252 g/mol. The van der Waals surface area contributed by atoms with Crippen LogP contribution in [0.25, 0.3) is 0 Å². The average Bonchev–Trinajstić information content (AvgIpc) is 2.42. The lowest BCUT2D eigenvalue weighted by molar-refractivity contribution is 0.828. The minimum atomic E-state index is 0.00312. The van der Waals surface area contributed by atoms with Crippen LogP contribution in [0, 0.1) is 19.3 Å². The molecule has 0 aliphatic heterocycles. The van der Waals surface area contributed by atoms with Gasteiger partial charge in [-0.25, -0.2) is 0 Å². The van der Waals surface area contributed by atoms with Crippen LogP contribution >= 0.6 is 0 Å². The van der Waals surface area contributed by atoms with Crippen molar-refractivity contribution in [1.29, 1.82) is 5.41 Å². The van der Waals surface area contributed by atoms with Crippen molar-refractivity contribution in [3.05, 3.63) is 46.9 Å². The third kappa shape index (κ3) is 2.74. The van der Waals surface area contributed by atoms with E-state index in [9.17, 15) is 0 Å². The van der Waals surface area contributed by atoms with E-state index in [1.165, 1.54) is 0 Å². The first-order valence-corrected chi connectivity index (χ1v) is 6.30. The quantitative estimate of drug-likeness (QED) is 0.647. The molecule has 0 radical (unpaired) electrons. The molecule has 0 atom stereocenters. The maximum absolute atomic E-state index is 7.75. The third-order valence-corrected chi connectivity index (χ3v) is 3.19. The van der Waals surface area contributed by atoms with Gasteiger partial charge >= 0.3 is 0 Å². The monoisotopic (exact) mass is 270 g/mol. The standard InChI is InChI=1S/C14H18N6/c1-9-10(2)18-19-14(12(9)13(15)16)20(3)8-11-6-4-5-7-17-11/h4-7H,8H2,1-3H3,(H3,15,16). The Morgan fingerprint density at radius 1 is 1.30 bits per heavy atom. The fourth-order valence-electron chi connectivity index (χ4n) is 2.00. The highest BCUT2D eigenvalue weighted by atomic mass is 15.3. The van der Waals surface area contributed by atoms with Crippen LogP contribution in [0.3, 0.4) is 0 Å². The molecule has 0 bridgehead atoms. The lowest BCUT2D eigenvalue weighted by Gasteiger charge is -2.21. The van der Waals surface area contributed by atoms with Crippen LogP contribution in [0.2, 0.25) is 0 Å². The number of anilines is 1. The van der Waals surface area contributed by atoms with Crippen molar-refractivity contribution in [2.24, 2.45) is 5.73 Å². The van der Waals surface area contributed by atoms with Gasteiger partial charge in [-0.1, -0.05) is 6.07 Å². The Morgan fingerprint density at radius 3 is 2.65 bits per heavy atom. The summed E-state index contributed by atoms with van der Waals surface area (Å²) in [5.41, 5.74) is 8.91. The Balaban J connectivity index is 2.37. The third-order valence-electron chi connectivity index (χ3n) is 3.19. The summed E-state index contributed by atoms with van der Waals surface area (Å²) < 4.78 is 0. The molecule has 0 saturated carbocycles. The summed E-state index contributed by atoms with van der Waals surface area (Å²) in [6, 6.07) is 5.76. The normalized spacial score (nSPS) is 10.3. The minimum absolute atomic E-state index is 0.00312. The number of hydrogen-bond acceptors (Lipinski definition) is 5.